The number of carbonyl (C=O) groups excluding carboxylic acids is 1. The van der Waals surface area contributed by atoms with E-state index in [1.807, 2.05) is 0 Å². The molecule has 0 radical (unpaired) electrons. The number of hydrogen-bond acceptors (Lipinski definition) is 5. The number of benzene rings is 1. The molecule has 140 valence electrons. The molecule has 1 heterocycles. The number of amides is 1. The molecule has 0 aliphatic heterocycles. The first-order valence-electron chi connectivity index (χ1n) is 7.90. The molecule has 1 aromatic carbocycles. The van der Waals surface area contributed by atoms with E-state index in [9.17, 15) is 23.1 Å². The standard InChI is InChI=1S/C17H20N2O5S2/c1-12(20)18-10-9-14-7-8-16(25-14)26(23,24)19-15(17(21)22)11-13-5-3-2-4-6-13/h2-8,15,19H,9-11H2,1H3,(H,18,20)(H,21,22)/t15-/m0/s1. The fourth-order valence-electron chi connectivity index (χ4n) is 2.27. The molecule has 1 aromatic heterocycles. The summed E-state index contributed by atoms with van der Waals surface area (Å²) in [5, 5.41) is 12.0. The second-order valence-electron chi connectivity index (χ2n) is 5.66. The number of carboxylic acids is 1. The maximum atomic E-state index is 12.5. The molecule has 9 heteroatoms. The van der Waals surface area contributed by atoms with Crippen molar-refractivity contribution in [2.45, 2.75) is 30.0 Å². The van der Waals surface area contributed by atoms with E-state index in [-0.39, 0.29) is 16.5 Å². The van der Waals surface area contributed by atoms with Crippen LogP contribution in [0.4, 0.5) is 0 Å². The SMILES string of the molecule is CC(=O)NCCc1ccc(S(=O)(=O)N[C@@H](Cc2ccccc2)C(=O)O)s1. The van der Waals surface area contributed by atoms with Gasteiger partial charge in [0.2, 0.25) is 5.91 Å². The zero-order valence-electron chi connectivity index (χ0n) is 14.1. The van der Waals surface area contributed by atoms with Crippen molar-refractivity contribution in [1.29, 1.82) is 0 Å². The zero-order valence-corrected chi connectivity index (χ0v) is 15.8. The highest BCUT2D eigenvalue weighted by molar-refractivity contribution is 7.91. The smallest absolute Gasteiger partial charge is 0.322 e. The molecule has 0 spiro atoms. The van der Waals surface area contributed by atoms with Gasteiger partial charge in [-0.05, 0) is 30.5 Å². The van der Waals surface area contributed by atoms with E-state index < -0.39 is 22.0 Å². The monoisotopic (exact) mass is 396 g/mol. The number of thiophene rings is 1. The van der Waals surface area contributed by atoms with Crippen LogP contribution in [0, 0.1) is 0 Å². The summed E-state index contributed by atoms with van der Waals surface area (Å²) < 4.78 is 27.3. The number of aliphatic carboxylic acids is 1. The first-order chi connectivity index (χ1) is 12.3. The Hall–Kier alpha value is -2.23. The number of sulfonamides is 1. The van der Waals surface area contributed by atoms with E-state index >= 15 is 0 Å². The minimum Gasteiger partial charge on any atom is -0.480 e. The van der Waals surface area contributed by atoms with Gasteiger partial charge in [0.05, 0.1) is 0 Å². The predicted octanol–water partition coefficient (Wildman–Crippen LogP) is 1.40. The van der Waals surface area contributed by atoms with Gasteiger partial charge in [-0.3, -0.25) is 9.59 Å². The summed E-state index contributed by atoms with van der Waals surface area (Å²) in [6.45, 7) is 1.82. The van der Waals surface area contributed by atoms with Gasteiger partial charge in [0.25, 0.3) is 10.0 Å². The van der Waals surface area contributed by atoms with Crippen LogP contribution >= 0.6 is 11.3 Å². The lowest BCUT2D eigenvalue weighted by molar-refractivity contribution is -0.138. The van der Waals surface area contributed by atoms with Gasteiger partial charge in [-0.25, -0.2) is 8.42 Å². The van der Waals surface area contributed by atoms with E-state index in [1.54, 1.807) is 36.4 Å². The largest absolute Gasteiger partial charge is 0.480 e. The van der Waals surface area contributed by atoms with Crippen LogP contribution in [0.15, 0.2) is 46.7 Å². The van der Waals surface area contributed by atoms with Crippen molar-refractivity contribution in [3.8, 4) is 0 Å². The summed E-state index contributed by atoms with van der Waals surface area (Å²) in [5.41, 5.74) is 0.727. The quantitative estimate of drug-likeness (QED) is 0.593. The third-order valence-corrected chi connectivity index (χ3v) is 6.63. The third kappa shape index (κ3) is 5.94. The van der Waals surface area contributed by atoms with Crippen LogP contribution in [-0.4, -0.2) is 38.0 Å². The normalized spacial score (nSPS) is 12.5. The lowest BCUT2D eigenvalue weighted by Crippen LogP contribution is -2.42. The van der Waals surface area contributed by atoms with Gasteiger partial charge in [-0.2, -0.15) is 4.72 Å². The van der Waals surface area contributed by atoms with Crippen molar-refractivity contribution in [2.75, 3.05) is 6.54 Å². The highest BCUT2D eigenvalue weighted by atomic mass is 32.2. The first kappa shape index (κ1) is 20.1. The maximum Gasteiger partial charge on any atom is 0.322 e. The van der Waals surface area contributed by atoms with Crippen molar-refractivity contribution in [2.24, 2.45) is 0 Å². The molecule has 2 aromatic rings. The van der Waals surface area contributed by atoms with Crippen molar-refractivity contribution >= 4 is 33.2 Å². The molecule has 26 heavy (non-hydrogen) atoms. The minimum atomic E-state index is -3.94. The molecule has 0 unspecified atom stereocenters. The average molecular weight is 396 g/mol. The maximum absolute atomic E-state index is 12.5. The van der Waals surface area contributed by atoms with Gasteiger partial charge in [0, 0.05) is 18.3 Å². The molecule has 0 aliphatic carbocycles. The van der Waals surface area contributed by atoms with E-state index in [1.165, 1.54) is 13.0 Å². The van der Waals surface area contributed by atoms with Gasteiger partial charge in [0.15, 0.2) is 0 Å². The summed E-state index contributed by atoms with van der Waals surface area (Å²) in [5.74, 6) is -1.39. The summed E-state index contributed by atoms with van der Waals surface area (Å²) in [6, 6.07) is 10.7. The minimum absolute atomic E-state index is 0.0506. The summed E-state index contributed by atoms with van der Waals surface area (Å²) >= 11 is 1.06. The molecular formula is C17H20N2O5S2. The zero-order chi connectivity index (χ0) is 19.2. The van der Waals surface area contributed by atoms with Crippen molar-refractivity contribution in [3.05, 3.63) is 52.9 Å². The fourth-order valence-corrected chi connectivity index (χ4v) is 4.83. The van der Waals surface area contributed by atoms with Crippen molar-refractivity contribution < 1.29 is 23.1 Å². The van der Waals surface area contributed by atoms with Crippen LogP contribution < -0.4 is 10.0 Å². The van der Waals surface area contributed by atoms with Crippen LogP contribution in [-0.2, 0) is 32.5 Å². The van der Waals surface area contributed by atoms with Crippen LogP contribution in [0.5, 0.6) is 0 Å². The van der Waals surface area contributed by atoms with Gasteiger partial charge < -0.3 is 10.4 Å². The van der Waals surface area contributed by atoms with E-state index in [0.717, 1.165) is 21.8 Å². The Labute approximate surface area is 156 Å². The van der Waals surface area contributed by atoms with E-state index in [4.69, 9.17) is 0 Å². The van der Waals surface area contributed by atoms with Crippen LogP contribution in [0.3, 0.4) is 0 Å². The van der Waals surface area contributed by atoms with Gasteiger partial charge in [0.1, 0.15) is 10.3 Å². The number of rotatable bonds is 9. The molecule has 0 bridgehead atoms. The Morgan fingerprint density at radius 3 is 2.46 bits per heavy atom. The van der Waals surface area contributed by atoms with Gasteiger partial charge in [-0.15, -0.1) is 11.3 Å². The molecule has 3 N–H and O–H groups in total. The molecule has 0 fully saturated rings. The lowest BCUT2D eigenvalue weighted by atomic mass is 10.1. The number of nitrogens with one attached hydrogen (secondary N) is 2. The van der Waals surface area contributed by atoms with Crippen LogP contribution in [0.25, 0.3) is 0 Å². The van der Waals surface area contributed by atoms with Gasteiger partial charge in [-0.1, -0.05) is 30.3 Å². The molecule has 1 atom stereocenters. The molecule has 0 aliphatic rings. The number of carboxylic acid groups (broad SMARTS) is 1. The third-order valence-electron chi connectivity index (χ3n) is 3.53. The second kappa shape index (κ2) is 8.93. The summed E-state index contributed by atoms with van der Waals surface area (Å²) in [6.07, 6.45) is 0.558. The Morgan fingerprint density at radius 1 is 1.15 bits per heavy atom. The average Bonchev–Trinajstić information content (AvgIpc) is 3.04. The molecule has 1 amide bonds. The molecule has 0 saturated heterocycles. The fraction of sp³-hybridized carbons (Fsp3) is 0.294. The topological polar surface area (TPSA) is 113 Å². The highest BCUT2D eigenvalue weighted by Gasteiger charge is 2.26. The Balaban J connectivity index is 2.06. The molecule has 0 saturated carbocycles. The first-order valence-corrected chi connectivity index (χ1v) is 10.2. The van der Waals surface area contributed by atoms with Crippen molar-refractivity contribution in [3.63, 3.8) is 0 Å². The Morgan fingerprint density at radius 2 is 1.85 bits per heavy atom. The highest BCUT2D eigenvalue weighted by Crippen LogP contribution is 2.22. The summed E-state index contributed by atoms with van der Waals surface area (Å²) in [7, 11) is -3.94. The van der Waals surface area contributed by atoms with Gasteiger partial charge >= 0.3 is 5.97 Å². The second-order valence-corrected chi connectivity index (χ2v) is 8.76. The van der Waals surface area contributed by atoms with Crippen LogP contribution in [0.1, 0.15) is 17.4 Å². The molecular weight excluding hydrogens is 376 g/mol. The molecule has 7 nitrogen and oxygen atoms in total. The summed E-state index contributed by atoms with van der Waals surface area (Å²) in [4.78, 5) is 23.1. The van der Waals surface area contributed by atoms with Crippen molar-refractivity contribution in [1.82, 2.24) is 10.0 Å². The predicted molar refractivity (Wildman–Crippen MR) is 98.6 cm³/mol. The van der Waals surface area contributed by atoms with E-state index in [0.29, 0.717) is 13.0 Å². The molecule has 2 rings (SSSR count). The lowest BCUT2D eigenvalue weighted by Gasteiger charge is -2.14. The Kier molecular flexibility index (Phi) is 6.90. The van der Waals surface area contributed by atoms with E-state index in [2.05, 4.69) is 10.0 Å². The number of carbonyl (C=O) groups is 2. The number of hydrogen-bond donors (Lipinski definition) is 3. The Bertz CT molecular complexity index is 862. The van der Waals surface area contributed by atoms with Crippen LogP contribution in [0.2, 0.25) is 0 Å².